The van der Waals surface area contributed by atoms with Crippen molar-refractivity contribution >= 4 is 11.6 Å². The molecule has 1 aliphatic rings. The molecule has 0 saturated heterocycles. The van der Waals surface area contributed by atoms with E-state index in [1.165, 1.54) is 0 Å². The Balaban J connectivity index is 1.64. The third kappa shape index (κ3) is 3.95. The SMILES string of the molecule is CC(C)(C)Nc1cncc(C(=O)NCc2ccc3c(c2)OCO3)c1. The smallest absolute Gasteiger partial charge is 0.253 e. The predicted octanol–water partition coefficient (Wildman–Crippen LogP) is 2.95. The first-order chi connectivity index (χ1) is 11.4. The topological polar surface area (TPSA) is 72.5 Å². The number of carbonyl (C=O) groups excluding carboxylic acids is 1. The van der Waals surface area contributed by atoms with E-state index >= 15 is 0 Å². The van der Waals surface area contributed by atoms with Gasteiger partial charge in [0.1, 0.15) is 0 Å². The molecule has 1 aromatic carbocycles. The number of aromatic nitrogens is 1. The predicted molar refractivity (Wildman–Crippen MR) is 91.3 cm³/mol. The Kier molecular flexibility index (Phi) is 4.29. The summed E-state index contributed by atoms with van der Waals surface area (Å²) in [6.07, 6.45) is 3.27. The number of pyridine rings is 1. The van der Waals surface area contributed by atoms with Gasteiger partial charge in [0.2, 0.25) is 6.79 Å². The molecule has 1 aliphatic heterocycles. The summed E-state index contributed by atoms with van der Waals surface area (Å²) in [5.41, 5.74) is 2.19. The van der Waals surface area contributed by atoms with Crippen LogP contribution < -0.4 is 20.1 Å². The van der Waals surface area contributed by atoms with Gasteiger partial charge in [0.15, 0.2) is 11.5 Å². The molecular weight excluding hydrogens is 306 g/mol. The minimum absolute atomic E-state index is 0.0940. The minimum Gasteiger partial charge on any atom is -0.454 e. The van der Waals surface area contributed by atoms with Crippen LogP contribution in [-0.2, 0) is 6.54 Å². The molecule has 1 amide bonds. The summed E-state index contributed by atoms with van der Waals surface area (Å²) in [5, 5.41) is 6.20. The Morgan fingerprint density at radius 3 is 2.75 bits per heavy atom. The Morgan fingerprint density at radius 2 is 1.96 bits per heavy atom. The Bertz CT molecular complexity index is 753. The van der Waals surface area contributed by atoms with Gasteiger partial charge in [-0.2, -0.15) is 0 Å². The van der Waals surface area contributed by atoms with Gasteiger partial charge in [0, 0.05) is 24.5 Å². The summed E-state index contributed by atoms with van der Waals surface area (Å²) in [6, 6.07) is 7.43. The van der Waals surface area contributed by atoms with Gasteiger partial charge in [-0.15, -0.1) is 0 Å². The van der Waals surface area contributed by atoms with E-state index in [1.54, 1.807) is 18.5 Å². The summed E-state index contributed by atoms with van der Waals surface area (Å²) in [6.45, 7) is 6.81. The molecule has 0 bridgehead atoms. The van der Waals surface area contributed by atoms with Crippen LogP contribution in [0.15, 0.2) is 36.7 Å². The van der Waals surface area contributed by atoms with Crippen molar-refractivity contribution in [3.05, 3.63) is 47.8 Å². The first kappa shape index (κ1) is 16.1. The molecule has 0 saturated carbocycles. The third-order valence-electron chi connectivity index (χ3n) is 3.41. The molecular formula is C18H21N3O3. The van der Waals surface area contributed by atoms with Crippen molar-refractivity contribution in [2.45, 2.75) is 32.9 Å². The highest BCUT2D eigenvalue weighted by Crippen LogP contribution is 2.32. The van der Waals surface area contributed by atoms with Crippen LogP contribution in [0.25, 0.3) is 0 Å². The number of rotatable bonds is 4. The van der Waals surface area contributed by atoms with Gasteiger partial charge in [-0.25, -0.2) is 0 Å². The largest absolute Gasteiger partial charge is 0.454 e. The molecule has 0 unspecified atom stereocenters. The molecule has 0 spiro atoms. The molecule has 0 radical (unpaired) electrons. The Labute approximate surface area is 141 Å². The lowest BCUT2D eigenvalue weighted by Crippen LogP contribution is -2.27. The Hall–Kier alpha value is -2.76. The highest BCUT2D eigenvalue weighted by atomic mass is 16.7. The van der Waals surface area contributed by atoms with Crippen LogP contribution in [0.3, 0.4) is 0 Å². The van der Waals surface area contributed by atoms with Crippen LogP contribution in [-0.4, -0.2) is 23.2 Å². The maximum Gasteiger partial charge on any atom is 0.253 e. The van der Waals surface area contributed by atoms with Crippen molar-refractivity contribution in [1.82, 2.24) is 10.3 Å². The van der Waals surface area contributed by atoms with Crippen LogP contribution in [0.1, 0.15) is 36.7 Å². The number of hydrogen-bond donors (Lipinski definition) is 2. The summed E-state index contributed by atoms with van der Waals surface area (Å²) in [5.74, 6) is 1.27. The maximum absolute atomic E-state index is 12.3. The molecule has 24 heavy (non-hydrogen) atoms. The Morgan fingerprint density at radius 1 is 1.17 bits per heavy atom. The molecule has 0 aliphatic carbocycles. The number of carbonyl (C=O) groups is 1. The molecule has 0 atom stereocenters. The summed E-state index contributed by atoms with van der Waals surface area (Å²) in [7, 11) is 0. The zero-order valence-corrected chi connectivity index (χ0v) is 14.1. The second-order valence-corrected chi connectivity index (χ2v) is 6.71. The van der Waals surface area contributed by atoms with E-state index in [0.29, 0.717) is 17.9 Å². The number of amides is 1. The highest BCUT2D eigenvalue weighted by Gasteiger charge is 2.14. The highest BCUT2D eigenvalue weighted by molar-refractivity contribution is 5.94. The lowest BCUT2D eigenvalue weighted by molar-refractivity contribution is 0.0950. The van der Waals surface area contributed by atoms with Crippen LogP contribution >= 0.6 is 0 Å². The molecule has 2 aromatic rings. The second kappa shape index (κ2) is 6.39. The van der Waals surface area contributed by atoms with Crippen molar-refractivity contribution in [2.75, 3.05) is 12.1 Å². The average Bonchev–Trinajstić information content (AvgIpc) is 2.98. The maximum atomic E-state index is 12.3. The summed E-state index contributed by atoms with van der Waals surface area (Å²) >= 11 is 0. The number of ether oxygens (including phenoxy) is 2. The van der Waals surface area contributed by atoms with Gasteiger partial charge >= 0.3 is 0 Å². The standard InChI is InChI=1S/C18H21N3O3/c1-18(2,3)21-14-7-13(9-19-10-14)17(22)20-8-12-4-5-15-16(6-12)24-11-23-15/h4-7,9-10,21H,8,11H2,1-3H3,(H,20,22). The van der Waals surface area contributed by atoms with Crippen molar-refractivity contribution in [3.63, 3.8) is 0 Å². The van der Waals surface area contributed by atoms with E-state index in [2.05, 4.69) is 36.4 Å². The molecule has 6 nitrogen and oxygen atoms in total. The quantitative estimate of drug-likeness (QED) is 0.903. The van der Waals surface area contributed by atoms with Gasteiger partial charge in [0.05, 0.1) is 11.3 Å². The van der Waals surface area contributed by atoms with Gasteiger partial charge < -0.3 is 20.1 Å². The van der Waals surface area contributed by atoms with E-state index in [1.807, 2.05) is 18.2 Å². The number of nitrogens with one attached hydrogen (secondary N) is 2. The molecule has 3 rings (SSSR count). The average molecular weight is 327 g/mol. The number of benzene rings is 1. The van der Waals surface area contributed by atoms with Crippen molar-refractivity contribution in [1.29, 1.82) is 0 Å². The zero-order valence-electron chi connectivity index (χ0n) is 14.1. The monoisotopic (exact) mass is 327 g/mol. The van der Waals surface area contributed by atoms with Crippen LogP contribution in [0.5, 0.6) is 11.5 Å². The number of anilines is 1. The third-order valence-corrected chi connectivity index (χ3v) is 3.41. The van der Waals surface area contributed by atoms with Gasteiger partial charge in [-0.05, 0) is 44.5 Å². The number of hydrogen-bond acceptors (Lipinski definition) is 5. The lowest BCUT2D eigenvalue weighted by Gasteiger charge is -2.22. The van der Waals surface area contributed by atoms with Crippen molar-refractivity contribution in [3.8, 4) is 11.5 Å². The fourth-order valence-corrected chi connectivity index (χ4v) is 2.40. The molecule has 2 N–H and O–H groups in total. The molecule has 0 fully saturated rings. The van der Waals surface area contributed by atoms with E-state index in [9.17, 15) is 4.79 Å². The molecule has 6 heteroatoms. The van der Waals surface area contributed by atoms with Crippen molar-refractivity contribution < 1.29 is 14.3 Å². The minimum atomic E-state index is -0.169. The first-order valence-corrected chi connectivity index (χ1v) is 7.81. The molecule has 1 aromatic heterocycles. The first-order valence-electron chi connectivity index (χ1n) is 7.81. The van der Waals surface area contributed by atoms with Gasteiger partial charge in [-0.1, -0.05) is 6.07 Å². The van der Waals surface area contributed by atoms with Crippen LogP contribution in [0.2, 0.25) is 0 Å². The zero-order chi connectivity index (χ0) is 17.2. The molecule has 126 valence electrons. The van der Waals surface area contributed by atoms with Gasteiger partial charge in [0.25, 0.3) is 5.91 Å². The fourth-order valence-electron chi connectivity index (χ4n) is 2.40. The summed E-state index contributed by atoms with van der Waals surface area (Å²) < 4.78 is 10.6. The lowest BCUT2D eigenvalue weighted by atomic mass is 10.1. The van der Waals surface area contributed by atoms with Gasteiger partial charge in [-0.3, -0.25) is 9.78 Å². The van der Waals surface area contributed by atoms with Crippen LogP contribution in [0.4, 0.5) is 5.69 Å². The number of fused-ring (bicyclic) bond motifs is 1. The fraction of sp³-hybridized carbons (Fsp3) is 0.333. The van der Waals surface area contributed by atoms with Crippen LogP contribution in [0, 0.1) is 0 Å². The normalized spacial score (nSPS) is 12.8. The van der Waals surface area contributed by atoms with E-state index in [-0.39, 0.29) is 18.2 Å². The second-order valence-electron chi connectivity index (χ2n) is 6.71. The summed E-state index contributed by atoms with van der Waals surface area (Å²) in [4.78, 5) is 16.5. The van der Waals surface area contributed by atoms with E-state index in [4.69, 9.17) is 9.47 Å². The van der Waals surface area contributed by atoms with E-state index in [0.717, 1.165) is 17.0 Å². The molecule has 2 heterocycles. The van der Waals surface area contributed by atoms with E-state index < -0.39 is 0 Å². The van der Waals surface area contributed by atoms with Crippen molar-refractivity contribution in [2.24, 2.45) is 0 Å². The number of nitrogens with zero attached hydrogens (tertiary/aromatic N) is 1.